The van der Waals surface area contributed by atoms with Crippen LogP contribution in [-0.2, 0) is 0 Å². The molecule has 0 unspecified atom stereocenters. The molecule has 0 atom stereocenters. The summed E-state index contributed by atoms with van der Waals surface area (Å²) in [5.41, 5.74) is 5.65. The van der Waals surface area contributed by atoms with E-state index in [0.717, 1.165) is 28.4 Å². The molecule has 158 valence electrons. The monoisotopic (exact) mass is 421 g/mol. The van der Waals surface area contributed by atoms with E-state index in [1.807, 2.05) is 86.6 Å². The maximum absolute atomic E-state index is 13.0. The molecule has 0 saturated carbocycles. The number of anilines is 1. The number of aryl methyl sites for hydroxylation is 1. The van der Waals surface area contributed by atoms with Gasteiger partial charge in [0.1, 0.15) is 11.4 Å². The molecule has 0 bridgehead atoms. The summed E-state index contributed by atoms with van der Waals surface area (Å²) in [7, 11) is 1.64. The number of nitrogens with zero attached hydrogens (tertiary/aromatic N) is 2. The highest BCUT2D eigenvalue weighted by Gasteiger charge is 2.17. The average molecular weight is 422 g/mol. The maximum atomic E-state index is 13.0. The number of nitrogens with one attached hydrogen (secondary N) is 1. The van der Waals surface area contributed by atoms with Crippen LogP contribution in [0.1, 0.15) is 33.0 Å². The SMILES string of the molecule is COc1ccc(-n2c(C)cc(C(=O)Nc3cccc(C#Cc4ccccn4)c3)c2C)cc1. The molecule has 1 amide bonds. The molecule has 0 spiro atoms. The van der Waals surface area contributed by atoms with E-state index in [-0.39, 0.29) is 5.91 Å². The number of carbonyl (C=O) groups is 1. The Labute approximate surface area is 187 Å². The van der Waals surface area contributed by atoms with E-state index in [0.29, 0.717) is 16.9 Å². The molecule has 4 rings (SSSR count). The van der Waals surface area contributed by atoms with E-state index < -0.39 is 0 Å². The lowest BCUT2D eigenvalue weighted by Gasteiger charge is -2.11. The van der Waals surface area contributed by atoms with Gasteiger partial charge in [-0.1, -0.05) is 18.1 Å². The van der Waals surface area contributed by atoms with Crippen molar-refractivity contribution >= 4 is 11.6 Å². The zero-order valence-corrected chi connectivity index (χ0v) is 18.2. The van der Waals surface area contributed by atoms with E-state index >= 15 is 0 Å². The van der Waals surface area contributed by atoms with Crippen LogP contribution in [0.5, 0.6) is 5.75 Å². The van der Waals surface area contributed by atoms with Crippen molar-refractivity contribution in [2.75, 3.05) is 12.4 Å². The Hall–Kier alpha value is -4.30. The van der Waals surface area contributed by atoms with Gasteiger partial charge in [-0.15, -0.1) is 0 Å². The van der Waals surface area contributed by atoms with Gasteiger partial charge in [0.25, 0.3) is 5.91 Å². The summed E-state index contributed by atoms with van der Waals surface area (Å²) in [6, 6.07) is 22.8. The number of pyridine rings is 1. The van der Waals surface area contributed by atoms with Crippen LogP contribution >= 0.6 is 0 Å². The molecule has 1 N–H and O–H groups in total. The number of hydrogen-bond acceptors (Lipinski definition) is 3. The molecule has 0 fully saturated rings. The van der Waals surface area contributed by atoms with Crippen LogP contribution in [0.3, 0.4) is 0 Å². The molecule has 0 saturated heterocycles. The first-order chi connectivity index (χ1) is 15.5. The summed E-state index contributed by atoms with van der Waals surface area (Å²) in [6.07, 6.45) is 1.71. The number of methoxy groups -OCH3 is 1. The summed E-state index contributed by atoms with van der Waals surface area (Å²) in [4.78, 5) is 17.2. The lowest BCUT2D eigenvalue weighted by Crippen LogP contribution is -2.13. The second-order valence-corrected chi connectivity index (χ2v) is 7.32. The van der Waals surface area contributed by atoms with Crippen LogP contribution < -0.4 is 10.1 Å². The van der Waals surface area contributed by atoms with Crippen LogP contribution in [0.2, 0.25) is 0 Å². The van der Waals surface area contributed by atoms with E-state index in [2.05, 4.69) is 26.7 Å². The predicted octanol–water partition coefficient (Wildman–Crippen LogP) is 5.15. The summed E-state index contributed by atoms with van der Waals surface area (Å²) in [6.45, 7) is 3.93. The molecule has 2 aromatic heterocycles. The fraction of sp³-hybridized carbons (Fsp3) is 0.111. The highest BCUT2D eigenvalue weighted by molar-refractivity contribution is 6.05. The standard InChI is InChI=1S/C27H23N3O2/c1-19-17-26(20(2)30(19)24-12-14-25(32-3)15-13-24)27(31)29-23-9-6-7-21(18-23)10-11-22-8-4-5-16-28-22/h4-9,12-18H,1-3H3,(H,29,31). The molecule has 2 heterocycles. The first kappa shape index (κ1) is 21.0. The van der Waals surface area contributed by atoms with Crippen molar-refractivity contribution in [2.45, 2.75) is 13.8 Å². The Balaban J connectivity index is 1.55. The van der Waals surface area contributed by atoms with Gasteiger partial charge >= 0.3 is 0 Å². The second kappa shape index (κ2) is 9.23. The topological polar surface area (TPSA) is 56.1 Å². The van der Waals surface area contributed by atoms with Crippen LogP contribution in [0.25, 0.3) is 5.69 Å². The van der Waals surface area contributed by atoms with Crippen LogP contribution in [0, 0.1) is 25.7 Å². The smallest absolute Gasteiger partial charge is 0.257 e. The third kappa shape index (κ3) is 4.55. The normalized spacial score (nSPS) is 10.2. The maximum Gasteiger partial charge on any atom is 0.257 e. The third-order valence-electron chi connectivity index (χ3n) is 5.13. The van der Waals surface area contributed by atoms with Gasteiger partial charge in [-0.2, -0.15) is 0 Å². The van der Waals surface area contributed by atoms with Crippen molar-refractivity contribution in [1.29, 1.82) is 0 Å². The summed E-state index contributed by atoms with van der Waals surface area (Å²) in [5, 5.41) is 2.99. The van der Waals surface area contributed by atoms with Gasteiger partial charge in [-0.25, -0.2) is 4.98 Å². The van der Waals surface area contributed by atoms with Gasteiger partial charge in [0.15, 0.2) is 0 Å². The molecule has 0 aliphatic rings. The van der Waals surface area contributed by atoms with Gasteiger partial charge in [0.05, 0.1) is 12.7 Å². The Bertz CT molecular complexity index is 1310. The van der Waals surface area contributed by atoms with Gasteiger partial charge < -0.3 is 14.6 Å². The average Bonchev–Trinajstić information content (AvgIpc) is 3.12. The largest absolute Gasteiger partial charge is 0.497 e. The zero-order chi connectivity index (χ0) is 22.5. The number of carbonyl (C=O) groups excluding carboxylic acids is 1. The van der Waals surface area contributed by atoms with Gasteiger partial charge in [-0.3, -0.25) is 4.79 Å². The Morgan fingerprint density at radius 3 is 2.50 bits per heavy atom. The molecular weight excluding hydrogens is 398 g/mol. The Morgan fingerprint density at radius 2 is 1.78 bits per heavy atom. The summed E-state index contributed by atoms with van der Waals surface area (Å²) in [5.74, 6) is 6.76. The number of rotatable bonds is 4. The van der Waals surface area contributed by atoms with E-state index in [1.54, 1.807) is 13.3 Å². The summed E-state index contributed by atoms with van der Waals surface area (Å²) < 4.78 is 7.30. The molecule has 0 aliphatic carbocycles. The predicted molar refractivity (Wildman–Crippen MR) is 126 cm³/mol. The van der Waals surface area contributed by atoms with Crippen molar-refractivity contribution < 1.29 is 9.53 Å². The fourth-order valence-corrected chi connectivity index (χ4v) is 3.57. The van der Waals surface area contributed by atoms with E-state index in [4.69, 9.17) is 4.74 Å². The third-order valence-corrected chi connectivity index (χ3v) is 5.13. The number of benzene rings is 2. The number of amides is 1. The van der Waals surface area contributed by atoms with E-state index in [1.165, 1.54) is 0 Å². The highest BCUT2D eigenvalue weighted by Crippen LogP contribution is 2.23. The fourth-order valence-electron chi connectivity index (χ4n) is 3.57. The molecule has 5 heteroatoms. The van der Waals surface area contributed by atoms with Crippen molar-refractivity contribution in [1.82, 2.24) is 9.55 Å². The number of aromatic nitrogens is 2. The molecule has 2 aromatic carbocycles. The van der Waals surface area contributed by atoms with Crippen LogP contribution in [0.15, 0.2) is 79.0 Å². The quantitative estimate of drug-likeness (QED) is 0.464. The summed E-state index contributed by atoms with van der Waals surface area (Å²) >= 11 is 0. The van der Waals surface area contributed by atoms with Crippen molar-refractivity contribution in [3.8, 4) is 23.3 Å². The minimum Gasteiger partial charge on any atom is -0.497 e. The second-order valence-electron chi connectivity index (χ2n) is 7.32. The molecule has 0 aliphatic heterocycles. The minimum absolute atomic E-state index is 0.160. The van der Waals surface area contributed by atoms with Crippen molar-refractivity contribution in [3.63, 3.8) is 0 Å². The molecule has 0 radical (unpaired) electrons. The Morgan fingerprint density at radius 1 is 0.969 bits per heavy atom. The zero-order valence-electron chi connectivity index (χ0n) is 18.2. The van der Waals surface area contributed by atoms with Gasteiger partial charge in [0.2, 0.25) is 0 Å². The van der Waals surface area contributed by atoms with Crippen molar-refractivity contribution in [2.24, 2.45) is 0 Å². The van der Waals surface area contributed by atoms with Crippen LogP contribution in [-0.4, -0.2) is 22.6 Å². The number of ether oxygens (including phenoxy) is 1. The lowest BCUT2D eigenvalue weighted by molar-refractivity contribution is 0.102. The van der Waals surface area contributed by atoms with Crippen molar-refractivity contribution in [3.05, 3.63) is 107 Å². The molecule has 4 aromatic rings. The van der Waals surface area contributed by atoms with Crippen LogP contribution in [0.4, 0.5) is 5.69 Å². The molecular formula is C27H23N3O2. The van der Waals surface area contributed by atoms with Gasteiger partial charge in [0, 0.05) is 34.5 Å². The van der Waals surface area contributed by atoms with Gasteiger partial charge in [-0.05, 0) is 80.4 Å². The first-order valence-electron chi connectivity index (χ1n) is 10.2. The first-order valence-corrected chi connectivity index (χ1v) is 10.2. The minimum atomic E-state index is -0.160. The molecule has 32 heavy (non-hydrogen) atoms. The molecule has 5 nitrogen and oxygen atoms in total. The number of hydrogen-bond donors (Lipinski definition) is 1. The van der Waals surface area contributed by atoms with E-state index in [9.17, 15) is 4.79 Å². The Kier molecular flexibility index (Phi) is 6.05. The lowest BCUT2D eigenvalue weighted by atomic mass is 10.1. The highest BCUT2D eigenvalue weighted by atomic mass is 16.5.